The Morgan fingerprint density at radius 3 is 2.84 bits per heavy atom. The summed E-state index contributed by atoms with van der Waals surface area (Å²) >= 11 is 0. The number of rotatable bonds is 6. The maximum Gasteiger partial charge on any atom is 0.318 e. The molecule has 0 aliphatic heterocycles. The molecule has 0 saturated heterocycles. The van der Waals surface area contributed by atoms with Crippen LogP contribution in [0.2, 0.25) is 0 Å². The van der Waals surface area contributed by atoms with Crippen LogP contribution >= 0.6 is 0 Å². The summed E-state index contributed by atoms with van der Waals surface area (Å²) in [5, 5.41) is 11.2. The summed E-state index contributed by atoms with van der Waals surface area (Å²) in [4.78, 5) is 6.31. The zero-order valence-corrected chi connectivity index (χ0v) is 11.5. The van der Waals surface area contributed by atoms with Gasteiger partial charge in [-0.15, -0.1) is 5.10 Å². The van der Waals surface area contributed by atoms with Gasteiger partial charge in [0.05, 0.1) is 18.3 Å². The van der Waals surface area contributed by atoms with Crippen molar-refractivity contribution in [3.05, 3.63) is 36.0 Å². The van der Waals surface area contributed by atoms with Gasteiger partial charge in [-0.25, -0.2) is 0 Å². The van der Waals surface area contributed by atoms with Crippen molar-refractivity contribution < 1.29 is 4.42 Å². The van der Waals surface area contributed by atoms with E-state index in [0.717, 1.165) is 12.2 Å². The lowest BCUT2D eigenvalue weighted by Crippen LogP contribution is -2.22. The first kappa shape index (κ1) is 13.5. The highest BCUT2D eigenvalue weighted by Gasteiger charge is 2.16. The highest BCUT2D eigenvalue weighted by molar-refractivity contribution is 5.25. The Hall–Kier alpha value is -1.95. The van der Waals surface area contributed by atoms with Crippen molar-refractivity contribution in [1.82, 2.24) is 20.5 Å². The van der Waals surface area contributed by atoms with Crippen molar-refractivity contribution in [1.29, 1.82) is 0 Å². The van der Waals surface area contributed by atoms with Crippen LogP contribution in [0, 0.1) is 0 Å². The Balaban J connectivity index is 2.11. The van der Waals surface area contributed by atoms with Crippen LogP contribution in [-0.4, -0.2) is 28.8 Å². The fourth-order valence-electron chi connectivity index (χ4n) is 1.65. The molecule has 6 heteroatoms. The molecular formula is C13H19N5O. The van der Waals surface area contributed by atoms with E-state index in [0.29, 0.717) is 18.5 Å². The molecule has 2 aromatic heterocycles. The van der Waals surface area contributed by atoms with Gasteiger partial charge in [0.25, 0.3) is 0 Å². The van der Waals surface area contributed by atoms with Crippen LogP contribution in [0.3, 0.4) is 0 Å². The second-order valence-corrected chi connectivity index (χ2v) is 4.27. The Labute approximate surface area is 112 Å². The minimum Gasteiger partial charge on any atom is -0.406 e. The third-order valence-electron chi connectivity index (χ3n) is 2.96. The van der Waals surface area contributed by atoms with E-state index in [1.807, 2.05) is 44.0 Å². The summed E-state index contributed by atoms with van der Waals surface area (Å²) in [5.41, 5.74) is 0.978. The third kappa shape index (κ3) is 3.29. The first-order chi connectivity index (χ1) is 9.24. The Kier molecular flexibility index (Phi) is 4.46. The summed E-state index contributed by atoms with van der Waals surface area (Å²) in [5.74, 6) is 0.594. The van der Waals surface area contributed by atoms with Crippen LogP contribution in [0.15, 0.2) is 28.8 Å². The molecule has 1 atom stereocenters. The molecule has 0 aliphatic carbocycles. The lowest BCUT2D eigenvalue weighted by Gasteiger charge is -2.17. The summed E-state index contributed by atoms with van der Waals surface area (Å²) in [6, 6.07) is 6.44. The maximum atomic E-state index is 5.67. The number of nitrogens with zero attached hydrogens (tertiary/aromatic N) is 4. The van der Waals surface area contributed by atoms with Gasteiger partial charge in [0.1, 0.15) is 0 Å². The van der Waals surface area contributed by atoms with Gasteiger partial charge >= 0.3 is 6.01 Å². The summed E-state index contributed by atoms with van der Waals surface area (Å²) < 4.78 is 5.67. The Morgan fingerprint density at radius 2 is 2.21 bits per heavy atom. The molecule has 0 amide bonds. The van der Waals surface area contributed by atoms with E-state index in [1.165, 1.54) is 0 Å². The molecule has 0 bridgehead atoms. The van der Waals surface area contributed by atoms with Gasteiger partial charge in [0.2, 0.25) is 5.89 Å². The van der Waals surface area contributed by atoms with Crippen molar-refractivity contribution in [2.45, 2.75) is 26.4 Å². The molecule has 0 aromatic carbocycles. The van der Waals surface area contributed by atoms with E-state index >= 15 is 0 Å². The summed E-state index contributed by atoms with van der Waals surface area (Å²) in [7, 11) is 1.86. The van der Waals surface area contributed by atoms with Crippen LogP contribution in [0.25, 0.3) is 0 Å². The van der Waals surface area contributed by atoms with Gasteiger partial charge in [0.15, 0.2) is 0 Å². The SMILES string of the molecule is CCN(Cc1ccccn1)c1nnc(C(C)NC)o1. The van der Waals surface area contributed by atoms with E-state index in [4.69, 9.17) is 4.42 Å². The molecule has 0 radical (unpaired) electrons. The minimum atomic E-state index is 0.0507. The highest BCUT2D eigenvalue weighted by atomic mass is 16.4. The topological polar surface area (TPSA) is 67.1 Å². The van der Waals surface area contributed by atoms with Gasteiger partial charge in [-0.1, -0.05) is 11.2 Å². The van der Waals surface area contributed by atoms with Crippen LogP contribution in [0.1, 0.15) is 31.5 Å². The number of aromatic nitrogens is 3. The summed E-state index contributed by atoms with van der Waals surface area (Å²) in [6.07, 6.45) is 1.78. The first-order valence-corrected chi connectivity index (χ1v) is 6.40. The molecule has 2 aromatic rings. The Bertz CT molecular complexity index is 499. The van der Waals surface area contributed by atoms with E-state index in [9.17, 15) is 0 Å². The lowest BCUT2D eigenvalue weighted by atomic mass is 10.3. The number of hydrogen-bond acceptors (Lipinski definition) is 6. The molecule has 0 saturated carbocycles. The molecule has 1 unspecified atom stereocenters. The second kappa shape index (κ2) is 6.29. The average molecular weight is 261 g/mol. The molecule has 6 nitrogen and oxygen atoms in total. The largest absolute Gasteiger partial charge is 0.406 e. The van der Waals surface area contributed by atoms with E-state index < -0.39 is 0 Å². The normalized spacial score (nSPS) is 12.4. The number of nitrogens with one attached hydrogen (secondary N) is 1. The number of hydrogen-bond donors (Lipinski definition) is 1. The molecule has 102 valence electrons. The van der Waals surface area contributed by atoms with Gasteiger partial charge in [-0.05, 0) is 33.0 Å². The number of pyridine rings is 1. The molecular weight excluding hydrogens is 242 g/mol. The first-order valence-electron chi connectivity index (χ1n) is 6.40. The zero-order valence-electron chi connectivity index (χ0n) is 11.5. The van der Waals surface area contributed by atoms with Crippen molar-refractivity contribution in [3.8, 4) is 0 Å². The van der Waals surface area contributed by atoms with Gasteiger partial charge in [0, 0.05) is 12.7 Å². The van der Waals surface area contributed by atoms with Crippen LogP contribution in [-0.2, 0) is 6.54 Å². The van der Waals surface area contributed by atoms with Crippen LogP contribution in [0.5, 0.6) is 0 Å². The second-order valence-electron chi connectivity index (χ2n) is 4.27. The quantitative estimate of drug-likeness (QED) is 0.854. The monoisotopic (exact) mass is 261 g/mol. The van der Waals surface area contributed by atoms with Crippen LogP contribution in [0.4, 0.5) is 6.01 Å². The average Bonchev–Trinajstić information content (AvgIpc) is 2.94. The minimum absolute atomic E-state index is 0.0507. The smallest absolute Gasteiger partial charge is 0.318 e. The summed E-state index contributed by atoms with van der Waals surface area (Å²) in [6.45, 7) is 5.47. The lowest BCUT2D eigenvalue weighted by molar-refractivity contribution is 0.429. The molecule has 1 N–H and O–H groups in total. The van der Waals surface area contributed by atoms with Gasteiger partial charge in [-0.2, -0.15) is 0 Å². The fraction of sp³-hybridized carbons (Fsp3) is 0.462. The van der Waals surface area contributed by atoms with Crippen molar-refractivity contribution in [2.75, 3.05) is 18.5 Å². The molecule has 0 aliphatic rings. The third-order valence-corrected chi connectivity index (χ3v) is 2.96. The van der Waals surface area contributed by atoms with E-state index in [2.05, 4.69) is 20.5 Å². The highest BCUT2D eigenvalue weighted by Crippen LogP contribution is 2.18. The molecule has 0 fully saturated rings. The maximum absolute atomic E-state index is 5.67. The molecule has 0 spiro atoms. The number of anilines is 1. The standard InChI is InChI=1S/C13H19N5O/c1-4-18(9-11-7-5-6-8-15-11)13-17-16-12(19-13)10(2)14-3/h5-8,10,14H,4,9H2,1-3H3. The fourth-order valence-corrected chi connectivity index (χ4v) is 1.65. The van der Waals surface area contributed by atoms with Crippen LogP contribution < -0.4 is 10.2 Å². The molecule has 19 heavy (non-hydrogen) atoms. The van der Waals surface area contributed by atoms with Gasteiger partial charge in [-0.3, -0.25) is 4.98 Å². The van der Waals surface area contributed by atoms with Crippen molar-refractivity contribution in [2.24, 2.45) is 0 Å². The van der Waals surface area contributed by atoms with Crippen molar-refractivity contribution in [3.63, 3.8) is 0 Å². The van der Waals surface area contributed by atoms with E-state index in [-0.39, 0.29) is 6.04 Å². The Morgan fingerprint density at radius 1 is 1.37 bits per heavy atom. The molecule has 2 heterocycles. The van der Waals surface area contributed by atoms with Crippen molar-refractivity contribution >= 4 is 6.01 Å². The van der Waals surface area contributed by atoms with E-state index in [1.54, 1.807) is 6.20 Å². The van der Waals surface area contributed by atoms with Gasteiger partial charge < -0.3 is 14.6 Å². The zero-order chi connectivity index (χ0) is 13.7. The predicted octanol–water partition coefficient (Wildman–Crippen LogP) is 1.77. The molecule has 2 rings (SSSR count). The predicted molar refractivity (Wildman–Crippen MR) is 72.7 cm³/mol.